The Morgan fingerprint density at radius 1 is 0.938 bits per heavy atom. The average molecular weight is 423 g/mol. The molecule has 0 saturated heterocycles. The summed E-state index contributed by atoms with van der Waals surface area (Å²) in [5, 5.41) is 4.85. The number of nitrogens with zero attached hydrogens (tertiary/aromatic N) is 2. The third kappa shape index (κ3) is 4.87. The quantitative estimate of drug-likeness (QED) is 0.216. The van der Waals surface area contributed by atoms with Gasteiger partial charge in [-0.3, -0.25) is 9.78 Å². The molecule has 158 valence electrons. The number of hydrazone groups is 1. The van der Waals surface area contributed by atoms with E-state index in [1.165, 1.54) is 6.21 Å². The maximum atomic E-state index is 12.7. The molecule has 3 aromatic carbocycles. The van der Waals surface area contributed by atoms with Crippen LogP contribution in [0.2, 0.25) is 0 Å². The SMILES string of the molecule is Cc1ccc2nc(C)cc(C(=O)NN=Cc3ccc(OC(=O)c4ccccc4)cc3)c2c1. The highest BCUT2D eigenvalue weighted by atomic mass is 16.5. The summed E-state index contributed by atoms with van der Waals surface area (Å²) < 4.78 is 5.36. The van der Waals surface area contributed by atoms with Gasteiger partial charge in [-0.1, -0.05) is 29.8 Å². The molecule has 0 bridgehead atoms. The molecule has 0 saturated carbocycles. The molecule has 0 aliphatic rings. The van der Waals surface area contributed by atoms with Gasteiger partial charge in [-0.15, -0.1) is 0 Å². The second kappa shape index (κ2) is 9.22. The number of ether oxygens (including phenoxy) is 1. The second-order valence-corrected chi connectivity index (χ2v) is 7.36. The first-order valence-electron chi connectivity index (χ1n) is 10.1. The van der Waals surface area contributed by atoms with Crippen molar-refractivity contribution in [1.82, 2.24) is 10.4 Å². The lowest BCUT2D eigenvalue weighted by Crippen LogP contribution is -2.18. The first-order valence-corrected chi connectivity index (χ1v) is 10.1. The Hall–Kier alpha value is -4.32. The van der Waals surface area contributed by atoms with Crippen LogP contribution in [0.25, 0.3) is 10.9 Å². The van der Waals surface area contributed by atoms with E-state index >= 15 is 0 Å². The van der Waals surface area contributed by atoms with Crippen molar-refractivity contribution in [2.24, 2.45) is 5.10 Å². The van der Waals surface area contributed by atoms with Crippen molar-refractivity contribution in [2.75, 3.05) is 0 Å². The van der Waals surface area contributed by atoms with Crippen molar-refractivity contribution < 1.29 is 14.3 Å². The summed E-state index contributed by atoms with van der Waals surface area (Å²) in [7, 11) is 0. The number of esters is 1. The summed E-state index contributed by atoms with van der Waals surface area (Å²) in [6.07, 6.45) is 1.53. The molecule has 6 heteroatoms. The van der Waals surface area contributed by atoms with E-state index in [0.717, 1.165) is 27.7 Å². The molecule has 0 aliphatic heterocycles. The number of benzene rings is 3. The Kier molecular flexibility index (Phi) is 6.03. The molecule has 0 fully saturated rings. The standard InChI is InChI=1S/C26H21N3O3/c1-17-8-13-24-22(14-17)23(15-18(2)28-24)25(30)29-27-16-19-9-11-21(12-10-19)32-26(31)20-6-4-3-5-7-20/h3-16H,1-2H3,(H,29,30). The molecule has 0 aliphatic carbocycles. The first kappa shape index (κ1) is 20.9. The highest BCUT2D eigenvalue weighted by molar-refractivity contribution is 6.06. The van der Waals surface area contributed by atoms with Crippen LogP contribution in [0.5, 0.6) is 5.75 Å². The average Bonchev–Trinajstić information content (AvgIpc) is 2.80. The summed E-state index contributed by atoms with van der Waals surface area (Å²) in [5.41, 5.74) is 6.90. The summed E-state index contributed by atoms with van der Waals surface area (Å²) in [5.74, 6) is -0.306. The predicted octanol–water partition coefficient (Wildman–Crippen LogP) is 4.83. The summed E-state index contributed by atoms with van der Waals surface area (Å²) in [6.45, 7) is 3.82. The van der Waals surface area contributed by atoms with E-state index in [4.69, 9.17) is 4.74 Å². The molecule has 1 N–H and O–H groups in total. The van der Waals surface area contributed by atoms with Gasteiger partial charge in [0.25, 0.3) is 5.91 Å². The molecule has 32 heavy (non-hydrogen) atoms. The van der Waals surface area contributed by atoms with Crippen molar-refractivity contribution in [3.8, 4) is 5.75 Å². The van der Waals surface area contributed by atoms with Gasteiger partial charge in [0.15, 0.2) is 0 Å². The van der Waals surface area contributed by atoms with E-state index in [-0.39, 0.29) is 5.91 Å². The van der Waals surface area contributed by atoms with Crippen LogP contribution >= 0.6 is 0 Å². The normalized spacial score (nSPS) is 10.9. The lowest BCUT2D eigenvalue weighted by atomic mass is 10.1. The minimum atomic E-state index is -0.422. The zero-order valence-corrected chi connectivity index (χ0v) is 17.7. The van der Waals surface area contributed by atoms with Crippen LogP contribution in [-0.4, -0.2) is 23.1 Å². The highest BCUT2D eigenvalue weighted by Gasteiger charge is 2.12. The number of carbonyl (C=O) groups is 2. The summed E-state index contributed by atoms with van der Waals surface area (Å²) >= 11 is 0. The van der Waals surface area contributed by atoms with Crippen LogP contribution in [0.4, 0.5) is 0 Å². The molecular formula is C26H21N3O3. The fourth-order valence-electron chi connectivity index (χ4n) is 3.25. The van der Waals surface area contributed by atoms with Crippen molar-refractivity contribution >= 4 is 29.0 Å². The van der Waals surface area contributed by atoms with Crippen LogP contribution < -0.4 is 10.2 Å². The van der Waals surface area contributed by atoms with E-state index in [1.54, 1.807) is 54.6 Å². The number of pyridine rings is 1. The van der Waals surface area contributed by atoms with Crippen LogP contribution in [0.15, 0.2) is 84.0 Å². The van der Waals surface area contributed by atoms with Crippen LogP contribution in [0, 0.1) is 13.8 Å². The lowest BCUT2D eigenvalue weighted by Gasteiger charge is -2.07. The van der Waals surface area contributed by atoms with E-state index in [0.29, 0.717) is 16.9 Å². The Labute approximate surface area is 185 Å². The molecule has 4 aromatic rings. The van der Waals surface area contributed by atoms with Gasteiger partial charge in [-0.2, -0.15) is 5.10 Å². The van der Waals surface area contributed by atoms with Gasteiger partial charge < -0.3 is 4.74 Å². The van der Waals surface area contributed by atoms with Gasteiger partial charge in [0.2, 0.25) is 0 Å². The van der Waals surface area contributed by atoms with Crippen LogP contribution in [-0.2, 0) is 0 Å². The number of fused-ring (bicyclic) bond motifs is 1. The molecule has 0 spiro atoms. The van der Waals surface area contributed by atoms with Gasteiger partial charge in [0.1, 0.15) is 5.75 Å². The first-order chi connectivity index (χ1) is 15.5. The van der Waals surface area contributed by atoms with Gasteiger partial charge in [0.05, 0.1) is 22.9 Å². The van der Waals surface area contributed by atoms with Crippen molar-refractivity contribution in [3.63, 3.8) is 0 Å². The molecule has 4 rings (SSSR count). The smallest absolute Gasteiger partial charge is 0.343 e. The maximum absolute atomic E-state index is 12.7. The Balaban J connectivity index is 1.42. The number of aryl methyl sites for hydroxylation is 2. The maximum Gasteiger partial charge on any atom is 0.343 e. The number of rotatable bonds is 5. The number of aromatic nitrogens is 1. The van der Waals surface area contributed by atoms with Crippen molar-refractivity contribution in [1.29, 1.82) is 0 Å². The molecule has 6 nitrogen and oxygen atoms in total. The minimum absolute atomic E-state index is 0.309. The van der Waals surface area contributed by atoms with Gasteiger partial charge in [-0.25, -0.2) is 10.2 Å². The van der Waals surface area contributed by atoms with Gasteiger partial charge >= 0.3 is 5.97 Å². The molecular weight excluding hydrogens is 402 g/mol. The van der Waals surface area contributed by atoms with E-state index in [1.807, 2.05) is 38.1 Å². The van der Waals surface area contributed by atoms with Gasteiger partial charge in [-0.05, 0) is 74.0 Å². The lowest BCUT2D eigenvalue weighted by molar-refractivity contribution is 0.0734. The highest BCUT2D eigenvalue weighted by Crippen LogP contribution is 2.20. The molecule has 0 unspecified atom stereocenters. The molecule has 1 aromatic heterocycles. The number of amides is 1. The third-order valence-corrected chi connectivity index (χ3v) is 4.82. The zero-order chi connectivity index (χ0) is 22.5. The van der Waals surface area contributed by atoms with Crippen molar-refractivity contribution in [2.45, 2.75) is 13.8 Å². The Morgan fingerprint density at radius 2 is 1.69 bits per heavy atom. The molecule has 0 radical (unpaired) electrons. The van der Waals surface area contributed by atoms with E-state index < -0.39 is 5.97 Å². The minimum Gasteiger partial charge on any atom is -0.423 e. The van der Waals surface area contributed by atoms with Gasteiger partial charge in [0, 0.05) is 11.1 Å². The van der Waals surface area contributed by atoms with E-state index in [2.05, 4.69) is 15.5 Å². The van der Waals surface area contributed by atoms with Crippen molar-refractivity contribution in [3.05, 3.63) is 107 Å². The number of carbonyl (C=O) groups excluding carboxylic acids is 2. The Morgan fingerprint density at radius 3 is 2.44 bits per heavy atom. The molecule has 1 heterocycles. The number of nitrogens with one attached hydrogen (secondary N) is 1. The fraction of sp³-hybridized carbons (Fsp3) is 0.0769. The Bertz CT molecular complexity index is 1310. The second-order valence-electron chi connectivity index (χ2n) is 7.36. The monoisotopic (exact) mass is 423 g/mol. The molecule has 1 amide bonds. The van der Waals surface area contributed by atoms with E-state index in [9.17, 15) is 9.59 Å². The largest absolute Gasteiger partial charge is 0.423 e. The number of hydrogen-bond donors (Lipinski definition) is 1. The fourth-order valence-corrected chi connectivity index (χ4v) is 3.25. The zero-order valence-electron chi connectivity index (χ0n) is 17.7. The third-order valence-electron chi connectivity index (χ3n) is 4.82. The van der Waals surface area contributed by atoms with Crippen LogP contribution in [0.3, 0.4) is 0 Å². The number of hydrogen-bond acceptors (Lipinski definition) is 5. The topological polar surface area (TPSA) is 80.7 Å². The predicted molar refractivity (Wildman–Crippen MR) is 124 cm³/mol. The summed E-state index contributed by atoms with van der Waals surface area (Å²) in [6, 6.07) is 23.2. The van der Waals surface area contributed by atoms with Crippen LogP contribution in [0.1, 0.15) is 37.5 Å². The summed E-state index contributed by atoms with van der Waals surface area (Å²) in [4.78, 5) is 29.3. The molecule has 0 atom stereocenters.